The molecule has 5 rings (SSSR count). The minimum Gasteiger partial charge on any atom is -0.485 e. The molecule has 0 radical (unpaired) electrons. The van der Waals surface area contributed by atoms with E-state index in [1.54, 1.807) is 41.9 Å². The number of hydrogen-bond acceptors (Lipinski definition) is 4. The molecule has 3 aromatic heterocycles. The Hall–Kier alpha value is -4.20. The van der Waals surface area contributed by atoms with Gasteiger partial charge in [-0.05, 0) is 67.4 Å². The van der Waals surface area contributed by atoms with E-state index in [0.717, 1.165) is 5.56 Å². The van der Waals surface area contributed by atoms with Crippen LogP contribution in [0.1, 0.15) is 32.9 Å². The van der Waals surface area contributed by atoms with Crippen LogP contribution in [0.5, 0.6) is 5.75 Å². The largest absolute Gasteiger partial charge is 0.485 e. The SMILES string of the molecule is Cc1cc(OCc2c(F)cccc2F)c2nc(C)c(C(=O)Cc3ccnc4ccc(F)cc34)n2c1. The zero-order chi connectivity index (χ0) is 24.7. The highest BCUT2D eigenvalue weighted by atomic mass is 19.1. The number of carbonyl (C=O) groups excluding carboxylic acids is 1. The van der Waals surface area contributed by atoms with Crippen LogP contribution in [0, 0.1) is 31.3 Å². The van der Waals surface area contributed by atoms with Crippen molar-refractivity contribution >= 4 is 22.3 Å². The Labute approximate surface area is 198 Å². The standard InChI is InChI=1S/C27H20F3N3O2/c1-15-10-25(35-14-20-21(29)4-3-5-22(20)30)27-32-16(2)26(33(27)13-15)24(34)11-17-8-9-31-23-7-6-18(28)12-19(17)23/h3-10,12-13H,11,14H2,1-2H3. The highest BCUT2D eigenvalue weighted by molar-refractivity contribution is 6.00. The number of carbonyl (C=O) groups is 1. The van der Waals surface area contributed by atoms with E-state index in [-0.39, 0.29) is 24.4 Å². The highest BCUT2D eigenvalue weighted by Gasteiger charge is 2.21. The molecule has 176 valence electrons. The van der Waals surface area contributed by atoms with Gasteiger partial charge < -0.3 is 4.74 Å². The maximum atomic E-state index is 14.1. The van der Waals surface area contributed by atoms with Crippen LogP contribution in [0.25, 0.3) is 16.6 Å². The molecule has 0 N–H and O–H groups in total. The molecule has 0 saturated heterocycles. The lowest BCUT2D eigenvalue weighted by atomic mass is 10.0. The molecule has 0 spiro atoms. The van der Waals surface area contributed by atoms with Gasteiger partial charge in [0.1, 0.15) is 29.8 Å². The van der Waals surface area contributed by atoms with Gasteiger partial charge >= 0.3 is 0 Å². The predicted molar refractivity (Wildman–Crippen MR) is 125 cm³/mol. The molecule has 5 nitrogen and oxygen atoms in total. The second-order valence-corrected chi connectivity index (χ2v) is 8.34. The number of fused-ring (bicyclic) bond motifs is 2. The van der Waals surface area contributed by atoms with Crippen LogP contribution >= 0.6 is 0 Å². The van der Waals surface area contributed by atoms with Crippen LogP contribution in [-0.2, 0) is 13.0 Å². The lowest BCUT2D eigenvalue weighted by Gasteiger charge is -2.11. The summed E-state index contributed by atoms with van der Waals surface area (Å²) in [4.78, 5) is 22.2. The molecule has 2 aromatic carbocycles. The summed E-state index contributed by atoms with van der Waals surface area (Å²) in [6.45, 7) is 3.19. The minimum absolute atomic E-state index is 0.0156. The van der Waals surface area contributed by atoms with Gasteiger partial charge in [-0.25, -0.2) is 18.2 Å². The van der Waals surface area contributed by atoms with Crippen molar-refractivity contribution < 1.29 is 22.7 Å². The number of Topliss-reactive ketones (excluding diaryl/α,β-unsaturated/α-hetero) is 1. The zero-order valence-corrected chi connectivity index (χ0v) is 19.0. The van der Waals surface area contributed by atoms with Crippen LogP contribution in [0.2, 0.25) is 0 Å². The first-order valence-corrected chi connectivity index (χ1v) is 10.9. The normalized spacial score (nSPS) is 11.3. The third-order valence-corrected chi connectivity index (χ3v) is 5.84. The Morgan fingerprint density at radius 3 is 2.57 bits per heavy atom. The van der Waals surface area contributed by atoms with Crippen molar-refractivity contribution in [2.75, 3.05) is 0 Å². The fourth-order valence-corrected chi connectivity index (χ4v) is 4.21. The monoisotopic (exact) mass is 475 g/mol. The Bertz CT molecular complexity index is 1590. The summed E-state index contributed by atoms with van der Waals surface area (Å²) in [6.07, 6.45) is 3.35. The molecule has 0 aliphatic rings. The van der Waals surface area contributed by atoms with Gasteiger partial charge in [-0.2, -0.15) is 0 Å². The van der Waals surface area contributed by atoms with Gasteiger partial charge in [0, 0.05) is 24.2 Å². The van der Waals surface area contributed by atoms with Crippen LogP contribution < -0.4 is 4.74 Å². The van der Waals surface area contributed by atoms with E-state index in [1.165, 1.54) is 30.3 Å². The first-order chi connectivity index (χ1) is 16.8. The average molecular weight is 475 g/mol. The minimum atomic E-state index is -0.704. The van der Waals surface area contributed by atoms with E-state index in [2.05, 4.69) is 9.97 Å². The first kappa shape index (κ1) is 22.6. The number of hydrogen-bond donors (Lipinski definition) is 0. The maximum absolute atomic E-state index is 14.1. The van der Waals surface area contributed by atoms with Crippen LogP contribution in [-0.4, -0.2) is 20.2 Å². The molecule has 0 atom stereocenters. The molecule has 0 aliphatic carbocycles. The van der Waals surface area contributed by atoms with Crippen molar-refractivity contribution in [3.63, 3.8) is 0 Å². The molecule has 0 bridgehead atoms. The van der Waals surface area contributed by atoms with Gasteiger partial charge in [0.2, 0.25) is 0 Å². The molecule has 0 fully saturated rings. The van der Waals surface area contributed by atoms with E-state index in [9.17, 15) is 18.0 Å². The molecule has 0 aliphatic heterocycles. The fourth-order valence-electron chi connectivity index (χ4n) is 4.21. The maximum Gasteiger partial charge on any atom is 0.185 e. The Morgan fingerprint density at radius 1 is 1.03 bits per heavy atom. The smallest absolute Gasteiger partial charge is 0.185 e. The summed E-state index contributed by atoms with van der Waals surface area (Å²) in [5.74, 6) is -1.74. The van der Waals surface area contributed by atoms with Crippen molar-refractivity contribution in [1.29, 1.82) is 0 Å². The molecular weight excluding hydrogens is 455 g/mol. The zero-order valence-electron chi connectivity index (χ0n) is 19.0. The number of benzene rings is 2. The second kappa shape index (κ2) is 8.87. The number of ether oxygens (including phenoxy) is 1. The van der Waals surface area contributed by atoms with Gasteiger partial charge in [0.25, 0.3) is 0 Å². The number of aryl methyl sites for hydroxylation is 2. The number of nitrogens with zero attached hydrogens (tertiary/aromatic N) is 3. The number of ketones is 1. The van der Waals surface area contributed by atoms with Gasteiger partial charge in [-0.3, -0.25) is 14.2 Å². The molecule has 35 heavy (non-hydrogen) atoms. The molecule has 0 saturated carbocycles. The molecule has 8 heteroatoms. The molecule has 0 amide bonds. The van der Waals surface area contributed by atoms with E-state index in [0.29, 0.717) is 39.3 Å². The quantitative estimate of drug-likeness (QED) is 0.286. The highest BCUT2D eigenvalue weighted by Crippen LogP contribution is 2.27. The fraction of sp³-hybridized carbons (Fsp3) is 0.148. The van der Waals surface area contributed by atoms with Gasteiger partial charge in [-0.1, -0.05) is 6.07 Å². The molecule has 3 heterocycles. The molecule has 5 aromatic rings. The molecule has 0 unspecified atom stereocenters. The average Bonchev–Trinajstić information content (AvgIpc) is 3.14. The summed E-state index contributed by atoms with van der Waals surface area (Å²) >= 11 is 0. The number of halogens is 3. The topological polar surface area (TPSA) is 56.5 Å². The Kier molecular flexibility index (Phi) is 5.72. The summed E-state index contributed by atoms with van der Waals surface area (Å²) < 4.78 is 49.3. The Morgan fingerprint density at radius 2 is 1.80 bits per heavy atom. The van der Waals surface area contributed by atoms with Crippen LogP contribution in [0.15, 0.2) is 60.9 Å². The van der Waals surface area contributed by atoms with E-state index in [1.807, 2.05) is 6.92 Å². The number of pyridine rings is 2. The van der Waals surface area contributed by atoms with Crippen molar-refractivity contribution in [3.05, 3.63) is 106 Å². The lowest BCUT2D eigenvalue weighted by molar-refractivity contribution is 0.0987. The Balaban J connectivity index is 1.51. The molecular formula is C27H20F3N3O2. The number of aromatic nitrogens is 3. The second-order valence-electron chi connectivity index (χ2n) is 8.34. The third kappa shape index (κ3) is 4.23. The van der Waals surface area contributed by atoms with E-state index < -0.39 is 17.5 Å². The van der Waals surface area contributed by atoms with E-state index >= 15 is 0 Å². The van der Waals surface area contributed by atoms with Gasteiger partial charge in [0.15, 0.2) is 17.2 Å². The van der Waals surface area contributed by atoms with E-state index in [4.69, 9.17) is 4.74 Å². The lowest BCUT2D eigenvalue weighted by Crippen LogP contribution is -2.10. The summed E-state index contributed by atoms with van der Waals surface area (Å²) in [5, 5.41) is 0.569. The first-order valence-electron chi connectivity index (χ1n) is 10.9. The third-order valence-electron chi connectivity index (χ3n) is 5.84. The summed E-state index contributed by atoms with van der Waals surface area (Å²) in [6, 6.07) is 11.3. The summed E-state index contributed by atoms with van der Waals surface area (Å²) in [7, 11) is 0. The predicted octanol–water partition coefficient (Wildman–Crippen LogP) is 5.92. The number of rotatable bonds is 6. The van der Waals surface area contributed by atoms with Gasteiger partial charge in [0.05, 0.1) is 16.8 Å². The van der Waals surface area contributed by atoms with Gasteiger partial charge in [-0.15, -0.1) is 0 Å². The van der Waals surface area contributed by atoms with Crippen molar-refractivity contribution in [2.24, 2.45) is 0 Å². The van der Waals surface area contributed by atoms with Crippen molar-refractivity contribution in [3.8, 4) is 5.75 Å². The van der Waals surface area contributed by atoms with Crippen molar-refractivity contribution in [1.82, 2.24) is 14.4 Å². The van der Waals surface area contributed by atoms with Crippen LogP contribution in [0.3, 0.4) is 0 Å². The van der Waals surface area contributed by atoms with Crippen molar-refractivity contribution in [2.45, 2.75) is 26.9 Å². The van der Waals surface area contributed by atoms with Crippen LogP contribution in [0.4, 0.5) is 13.2 Å². The number of imidazole rings is 1. The summed E-state index contributed by atoms with van der Waals surface area (Å²) in [5.41, 5.74) is 3.01.